The van der Waals surface area contributed by atoms with Crippen molar-refractivity contribution in [2.24, 2.45) is 0 Å². The average Bonchev–Trinajstić information content (AvgIpc) is 2.53. The van der Waals surface area contributed by atoms with Crippen molar-refractivity contribution in [3.05, 3.63) is 60.7 Å². The van der Waals surface area contributed by atoms with E-state index in [9.17, 15) is 17.6 Å². The predicted molar refractivity (Wildman–Crippen MR) is 76.8 cm³/mol. The van der Waals surface area contributed by atoms with Gasteiger partial charge in [-0.1, -0.05) is 36.4 Å². The molecule has 0 saturated heterocycles. The molecular weight excluding hydrogens is 298 g/mol. The van der Waals surface area contributed by atoms with Crippen LogP contribution in [-0.4, -0.2) is 25.7 Å². The van der Waals surface area contributed by atoms with Crippen LogP contribution in [0.2, 0.25) is 0 Å². The van der Waals surface area contributed by atoms with Gasteiger partial charge >= 0.3 is 12.0 Å². The van der Waals surface area contributed by atoms with Crippen LogP contribution in [0.15, 0.2) is 60.7 Å². The maximum absolute atomic E-state index is 14.3. The molecule has 0 heterocycles. The van der Waals surface area contributed by atoms with Crippen molar-refractivity contribution in [2.75, 3.05) is 18.6 Å². The molecule has 0 aliphatic rings. The van der Waals surface area contributed by atoms with Crippen LogP contribution in [0.25, 0.3) is 0 Å². The van der Waals surface area contributed by atoms with E-state index in [1.54, 1.807) is 60.7 Å². The summed E-state index contributed by atoms with van der Waals surface area (Å²) in [6.07, 6.45) is -5.14. The van der Waals surface area contributed by atoms with Gasteiger partial charge in [0, 0.05) is 18.5 Å². The summed E-state index contributed by atoms with van der Waals surface area (Å²) < 4.78 is 57.3. The summed E-state index contributed by atoms with van der Waals surface area (Å²) in [6.45, 7) is -0.999. The highest BCUT2D eigenvalue weighted by atomic mass is 19.4. The molecule has 6 heteroatoms. The minimum Gasteiger partial charge on any atom is -0.341 e. The summed E-state index contributed by atoms with van der Waals surface area (Å²) in [7, 11) is 0.710. The fourth-order valence-electron chi connectivity index (χ4n) is 2.02. The third-order valence-corrected chi connectivity index (χ3v) is 3.24. The normalized spacial score (nSPS) is 14.4. The third-order valence-electron chi connectivity index (χ3n) is 3.24. The summed E-state index contributed by atoms with van der Waals surface area (Å²) >= 11 is 0. The van der Waals surface area contributed by atoms with Gasteiger partial charge in [0.1, 0.15) is 0 Å². The lowest BCUT2D eigenvalue weighted by Crippen LogP contribution is -2.50. The van der Waals surface area contributed by atoms with Crippen LogP contribution in [0.1, 0.15) is 0 Å². The SMILES string of the molecule is COC(F)(CN(c1ccccc1)c1ccccc1)C(F)(F)F. The Morgan fingerprint density at radius 1 is 0.818 bits per heavy atom. The van der Waals surface area contributed by atoms with Gasteiger partial charge in [-0.3, -0.25) is 0 Å². The van der Waals surface area contributed by atoms with Gasteiger partial charge in [-0.2, -0.15) is 17.6 Å². The minimum absolute atomic E-state index is 0.442. The van der Waals surface area contributed by atoms with Crippen LogP contribution in [0.4, 0.5) is 28.9 Å². The lowest BCUT2D eigenvalue weighted by atomic mass is 10.2. The highest BCUT2D eigenvalue weighted by molar-refractivity contribution is 5.63. The first-order valence-corrected chi connectivity index (χ1v) is 6.56. The van der Waals surface area contributed by atoms with Crippen molar-refractivity contribution in [3.8, 4) is 0 Å². The number of benzene rings is 2. The largest absolute Gasteiger partial charge is 0.450 e. The molecule has 1 atom stereocenters. The van der Waals surface area contributed by atoms with Crippen molar-refractivity contribution in [1.29, 1.82) is 0 Å². The third kappa shape index (κ3) is 3.39. The fourth-order valence-corrected chi connectivity index (χ4v) is 2.02. The number of nitrogens with zero attached hydrogens (tertiary/aromatic N) is 1. The van der Waals surface area contributed by atoms with Gasteiger partial charge in [-0.05, 0) is 24.3 Å². The van der Waals surface area contributed by atoms with Crippen LogP contribution >= 0.6 is 0 Å². The molecule has 2 rings (SSSR count). The van der Waals surface area contributed by atoms with Crippen molar-refractivity contribution in [3.63, 3.8) is 0 Å². The number of ether oxygens (including phenoxy) is 1. The molecule has 0 N–H and O–H groups in total. The Kier molecular flexibility index (Phi) is 4.71. The van der Waals surface area contributed by atoms with Gasteiger partial charge in [-0.25, -0.2) is 0 Å². The van der Waals surface area contributed by atoms with E-state index in [2.05, 4.69) is 4.74 Å². The predicted octanol–water partition coefficient (Wildman–Crippen LogP) is 4.70. The standard InChI is InChI=1S/C16H15F4NO/c1-22-15(17,16(18,19)20)12-21(13-8-4-2-5-9-13)14-10-6-3-7-11-14/h2-11H,12H2,1H3. The molecule has 2 aromatic rings. The van der Waals surface area contributed by atoms with E-state index in [1.807, 2.05) is 0 Å². The number of methoxy groups -OCH3 is 1. The lowest BCUT2D eigenvalue weighted by Gasteiger charge is -2.33. The number of rotatable bonds is 5. The molecule has 0 spiro atoms. The van der Waals surface area contributed by atoms with Gasteiger partial charge in [-0.15, -0.1) is 0 Å². The van der Waals surface area contributed by atoms with E-state index in [0.29, 0.717) is 18.5 Å². The average molecular weight is 313 g/mol. The Morgan fingerprint density at radius 3 is 1.55 bits per heavy atom. The van der Waals surface area contributed by atoms with E-state index < -0.39 is 18.6 Å². The Morgan fingerprint density at radius 2 is 1.23 bits per heavy atom. The van der Waals surface area contributed by atoms with E-state index in [0.717, 1.165) is 0 Å². The molecule has 1 unspecified atom stereocenters. The monoisotopic (exact) mass is 313 g/mol. The van der Waals surface area contributed by atoms with Crippen LogP contribution in [0, 0.1) is 0 Å². The summed E-state index contributed by atoms with van der Waals surface area (Å²) in [5.41, 5.74) is 0.883. The number of alkyl halides is 4. The second-order valence-electron chi connectivity index (χ2n) is 4.69. The van der Waals surface area contributed by atoms with Crippen molar-refractivity contribution in [1.82, 2.24) is 0 Å². The first-order valence-electron chi connectivity index (χ1n) is 6.56. The molecule has 0 amide bonds. The van der Waals surface area contributed by atoms with Crippen molar-refractivity contribution < 1.29 is 22.3 Å². The van der Waals surface area contributed by atoms with Crippen molar-refractivity contribution >= 4 is 11.4 Å². The fraction of sp³-hybridized carbons (Fsp3) is 0.250. The first kappa shape index (κ1) is 16.3. The molecule has 0 saturated carbocycles. The molecule has 0 bridgehead atoms. The second kappa shape index (κ2) is 6.36. The molecule has 2 aromatic carbocycles. The highest BCUT2D eigenvalue weighted by Gasteiger charge is 2.58. The summed E-state index contributed by atoms with van der Waals surface area (Å²) in [6, 6.07) is 16.6. The number of para-hydroxylation sites is 2. The summed E-state index contributed by atoms with van der Waals surface area (Å²) in [4.78, 5) is 1.23. The van der Waals surface area contributed by atoms with E-state index in [1.165, 1.54) is 4.90 Å². The Hall–Kier alpha value is -2.08. The Bertz CT molecular complexity index is 549. The van der Waals surface area contributed by atoms with Gasteiger partial charge in [0.15, 0.2) is 0 Å². The highest BCUT2D eigenvalue weighted by Crippen LogP contribution is 2.38. The molecule has 2 nitrogen and oxygen atoms in total. The van der Waals surface area contributed by atoms with E-state index >= 15 is 0 Å². The molecule has 0 aliphatic carbocycles. The van der Waals surface area contributed by atoms with Crippen molar-refractivity contribution in [2.45, 2.75) is 12.0 Å². The topological polar surface area (TPSA) is 12.5 Å². The van der Waals surface area contributed by atoms with Crippen LogP contribution in [0.5, 0.6) is 0 Å². The van der Waals surface area contributed by atoms with Crippen LogP contribution in [0.3, 0.4) is 0 Å². The van der Waals surface area contributed by atoms with E-state index in [-0.39, 0.29) is 0 Å². The molecular formula is C16H15F4NO. The number of hydrogen-bond donors (Lipinski definition) is 0. The second-order valence-corrected chi connectivity index (χ2v) is 4.69. The minimum atomic E-state index is -5.14. The van der Waals surface area contributed by atoms with Crippen LogP contribution < -0.4 is 4.90 Å². The maximum Gasteiger partial charge on any atom is 0.450 e. The molecule has 0 fully saturated rings. The maximum atomic E-state index is 14.3. The zero-order chi connectivity index (χ0) is 16.2. The molecule has 22 heavy (non-hydrogen) atoms. The number of hydrogen-bond acceptors (Lipinski definition) is 2. The quantitative estimate of drug-likeness (QED) is 0.742. The zero-order valence-electron chi connectivity index (χ0n) is 11.8. The van der Waals surface area contributed by atoms with Gasteiger partial charge < -0.3 is 9.64 Å². The molecule has 0 aromatic heterocycles. The molecule has 0 radical (unpaired) electrons. The first-order chi connectivity index (χ1) is 10.4. The number of anilines is 2. The smallest absolute Gasteiger partial charge is 0.341 e. The lowest BCUT2D eigenvalue weighted by molar-refractivity contribution is -0.319. The summed E-state index contributed by atoms with van der Waals surface area (Å²) in [5, 5.41) is 0. The summed E-state index contributed by atoms with van der Waals surface area (Å²) in [5.74, 6) is -3.77. The Labute approximate surface area is 125 Å². The number of halogens is 4. The Balaban J connectivity index is 2.42. The zero-order valence-corrected chi connectivity index (χ0v) is 11.8. The van der Waals surface area contributed by atoms with Gasteiger partial charge in [0.2, 0.25) is 0 Å². The van der Waals surface area contributed by atoms with Crippen LogP contribution in [-0.2, 0) is 4.74 Å². The molecule has 0 aliphatic heterocycles. The van der Waals surface area contributed by atoms with E-state index in [4.69, 9.17) is 0 Å². The van der Waals surface area contributed by atoms with Gasteiger partial charge in [0.25, 0.3) is 0 Å². The van der Waals surface area contributed by atoms with Gasteiger partial charge in [0.05, 0.1) is 6.54 Å². The molecule has 118 valence electrons.